The van der Waals surface area contributed by atoms with Gasteiger partial charge in [0.25, 0.3) is 0 Å². The number of aromatic nitrogens is 4. The van der Waals surface area contributed by atoms with Crippen molar-refractivity contribution < 1.29 is 4.79 Å². The molecular weight excluding hydrogens is 382 g/mol. The molecule has 0 saturated heterocycles. The van der Waals surface area contributed by atoms with Crippen molar-refractivity contribution in [2.45, 2.75) is 32.0 Å². The number of rotatable bonds is 6. The van der Waals surface area contributed by atoms with Crippen LogP contribution in [0.3, 0.4) is 0 Å². The van der Waals surface area contributed by atoms with Gasteiger partial charge in [-0.2, -0.15) is 4.68 Å². The van der Waals surface area contributed by atoms with Gasteiger partial charge in [0, 0.05) is 5.02 Å². The number of aryl methyl sites for hydroxylation is 2. The summed E-state index contributed by atoms with van der Waals surface area (Å²) in [6, 6.07) is 13.4. The van der Waals surface area contributed by atoms with Gasteiger partial charge < -0.3 is 5.32 Å². The zero-order valence-corrected chi connectivity index (χ0v) is 16.9. The fraction of sp³-hybridized carbons (Fsp3) is 0.263. The number of amides is 1. The van der Waals surface area contributed by atoms with Crippen LogP contribution in [-0.4, -0.2) is 31.9 Å². The summed E-state index contributed by atoms with van der Waals surface area (Å²) in [6.45, 7) is 5.95. The Morgan fingerprint density at radius 2 is 2.04 bits per heavy atom. The van der Waals surface area contributed by atoms with Crippen molar-refractivity contribution in [3.8, 4) is 5.69 Å². The number of tetrazole rings is 1. The highest BCUT2D eigenvalue weighted by molar-refractivity contribution is 7.99. The van der Waals surface area contributed by atoms with Gasteiger partial charge in [-0.15, -0.1) is 5.10 Å². The molecule has 0 radical (unpaired) electrons. The molecule has 6 nitrogen and oxygen atoms in total. The van der Waals surface area contributed by atoms with Crippen LogP contribution in [0, 0.1) is 13.8 Å². The van der Waals surface area contributed by atoms with Crippen molar-refractivity contribution in [3.05, 3.63) is 64.2 Å². The topological polar surface area (TPSA) is 72.7 Å². The molecule has 1 N–H and O–H groups in total. The molecule has 140 valence electrons. The van der Waals surface area contributed by atoms with Crippen LogP contribution in [0.15, 0.2) is 47.6 Å². The minimum atomic E-state index is -0.179. The Balaban J connectivity index is 1.65. The third kappa shape index (κ3) is 4.67. The van der Waals surface area contributed by atoms with E-state index in [1.807, 2.05) is 57.2 Å². The molecule has 0 saturated carbocycles. The molecule has 0 aliphatic carbocycles. The van der Waals surface area contributed by atoms with E-state index in [4.69, 9.17) is 11.6 Å². The number of benzene rings is 2. The second-order valence-electron chi connectivity index (χ2n) is 6.26. The van der Waals surface area contributed by atoms with Crippen molar-refractivity contribution >= 4 is 29.3 Å². The third-order valence-corrected chi connectivity index (χ3v) is 5.37. The highest BCUT2D eigenvalue weighted by Gasteiger charge is 2.16. The second-order valence-corrected chi connectivity index (χ2v) is 7.61. The van der Waals surface area contributed by atoms with Crippen LogP contribution in [0.2, 0.25) is 5.02 Å². The molecule has 1 aromatic heterocycles. The predicted octanol–water partition coefficient (Wildman–Crippen LogP) is 3.90. The van der Waals surface area contributed by atoms with Gasteiger partial charge in [-0.05, 0) is 54.5 Å². The molecule has 1 atom stereocenters. The van der Waals surface area contributed by atoms with E-state index in [1.165, 1.54) is 17.3 Å². The molecule has 0 bridgehead atoms. The summed E-state index contributed by atoms with van der Waals surface area (Å²) in [7, 11) is 0. The zero-order valence-electron chi connectivity index (χ0n) is 15.3. The molecule has 0 unspecified atom stereocenters. The fourth-order valence-corrected chi connectivity index (χ4v) is 3.77. The van der Waals surface area contributed by atoms with E-state index in [9.17, 15) is 4.79 Å². The summed E-state index contributed by atoms with van der Waals surface area (Å²) in [5.74, 6) is 0.0997. The average molecular weight is 402 g/mol. The minimum absolute atomic E-state index is 0.109. The first kappa shape index (κ1) is 19.4. The maximum Gasteiger partial charge on any atom is 0.230 e. The third-order valence-electron chi connectivity index (χ3n) is 4.10. The summed E-state index contributed by atoms with van der Waals surface area (Å²) in [5, 5.41) is 16.0. The summed E-state index contributed by atoms with van der Waals surface area (Å²) in [6.07, 6.45) is 0. The lowest BCUT2D eigenvalue weighted by molar-refractivity contribution is -0.119. The Hall–Kier alpha value is -2.38. The first-order valence-corrected chi connectivity index (χ1v) is 9.84. The summed E-state index contributed by atoms with van der Waals surface area (Å²) in [5.41, 5.74) is 4.03. The molecule has 8 heteroatoms. The van der Waals surface area contributed by atoms with E-state index in [-0.39, 0.29) is 17.7 Å². The number of carbonyl (C=O) groups excluding carboxylic acids is 1. The largest absolute Gasteiger partial charge is 0.349 e. The molecule has 0 fully saturated rings. The van der Waals surface area contributed by atoms with Crippen LogP contribution in [0.4, 0.5) is 0 Å². The van der Waals surface area contributed by atoms with Crippen LogP contribution in [0.5, 0.6) is 0 Å². The monoisotopic (exact) mass is 401 g/mol. The van der Waals surface area contributed by atoms with E-state index in [1.54, 1.807) is 4.68 Å². The second kappa shape index (κ2) is 8.54. The molecule has 3 aromatic rings. The number of hydrogen-bond donors (Lipinski definition) is 1. The highest BCUT2D eigenvalue weighted by Crippen LogP contribution is 2.24. The van der Waals surface area contributed by atoms with Gasteiger partial charge in [0.2, 0.25) is 11.1 Å². The quantitative estimate of drug-likeness (QED) is 0.634. The van der Waals surface area contributed by atoms with Crippen LogP contribution in [-0.2, 0) is 4.79 Å². The highest BCUT2D eigenvalue weighted by atomic mass is 35.5. The number of nitrogens with zero attached hydrogens (tertiary/aromatic N) is 4. The van der Waals surface area contributed by atoms with Crippen molar-refractivity contribution in [2.75, 3.05) is 5.75 Å². The number of nitrogens with one attached hydrogen (secondary N) is 1. The molecule has 27 heavy (non-hydrogen) atoms. The van der Waals surface area contributed by atoms with Crippen molar-refractivity contribution in [1.82, 2.24) is 25.5 Å². The molecular formula is C19H20ClN5OS. The lowest BCUT2D eigenvalue weighted by Crippen LogP contribution is -2.28. The van der Waals surface area contributed by atoms with Crippen molar-refractivity contribution in [2.24, 2.45) is 0 Å². The number of hydrogen-bond acceptors (Lipinski definition) is 5. The fourth-order valence-electron chi connectivity index (χ4n) is 2.78. The van der Waals surface area contributed by atoms with Crippen LogP contribution < -0.4 is 5.32 Å². The van der Waals surface area contributed by atoms with Gasteiger partial charge >= 0.3 is 0 Å². The Morgan fingerprint density at radius 1 is 1.26 bits per heavy atom. The van der Waals surface area contributed by atoms with E-state index in [0.29, 0.717) is 10.2 Å². The summed E-state index contributed by atoms with van der Waals surface area (Å²) < 4.78 is 1.66. The van der Waals surface area contributed by atoms with Crippen LogP contribution in [0.25, 0.3) is 5.69 Å². The Morgan fingerprint density at radius 3 is 2.78 bits per heavy atom. The first-order valence-electron chi connectivity index (χ1n) is 8.48. The minimum Gasteiger partial charge on any atom is -0.349 e. The molecule has 2 aromatic carbocycles. The summed E-state index contributed by atoms with van der Waals surface area (Å²) in [4.78, 5) is 12.3. The maximum absolute atomic E-state index is 12.3. The molecule has 3 rings (SSSR count). The van der Waals surface area contributed by atoms with Gasteiger partial charge in [-0.3, -0.25) is 4.79 Å². The first-order chi connectivity index (χ1) is 13.0. The number of halogens is 1. The molecule has 0 aliphatic heterocycles. The Kier molecular flexibility index (Phi) is 6.13. The van der Waals surface area contributed by atoms with Gasteiger partial charge in [0.1, 0.15) is 0 Å². The van der Waals surface area contributed by atoms with Crippen molar-refractivity contribution in [1.29, 1.82) is 0 Å². The lowest BCUT2D eigenvalue weighted by atomic mass is 10.1. The smallest absolute Gasteiger partial charge is 0.230 e. The van der Waals surface area contributed by atoms with E-state index >= 15 is 0 Å². The Labute approximate surface area is 167 Å². The van der Waals surface area contributed by atoms with E-state index < -0.39 is 0 Å². The standard InChI is InChI=1S/C19H20ClN5OS/c1-12-8-9-17(13(2)10-12)25-19(22-23-24-25)27-11-18(26)21-14(3)15-6-4-5-7-16(15)20/h4-10,14H,11H2,1-3H3,(H,21,26)/t14-/m0/s1. The maximum atomic E-state index is 12.3. The van der Waals surface area contributed by atoms with Gasteiger partial charge in [-0.1, -0.05) is 59.3 Å². The van der Waals surface area contributed by atoms with E-state index in [2.05, 4.69) is 26.9 Å². The number of carbonyl (C=O) groups is 1. The predicted molar refractivity (Wildman–Crippen MR) is 107 cm³/mol. The van der Waals surface area contributed by atoms with Gasteiger partial charge in [-0.25, -0.2) is 0 Å². The zero-order chi connectivity index (χ0) is 19.4. The normalized spacial score (nSPS) is 12.0. The van der Waals surface area contributed by atoms with Crippen LogP contribution >= 0.6 is 23.4 Å². The van der Waals surface area contributed by atoms with Crippen molar-refractivity contribution in [3.63, 3.8) is 0 Å². The van der Waals surface area contributed by atoms with E-state index in [0.717, 1.165) is 16.8 Å². The Bertz CT molecular complexity index is 959. The van der Waals surface area contributed by atoms with Gasteiger partial charge in [0.15, 0.2) is 0 Å². The van der Waals surface area contributed by atoms with Crippen LogP contribution in [0.1, 0.15) is 29.7 Å². The average Bonchev–Trinajstić information content (AvgIpc) is 3.08. The number of thioether (sulfide) groups is 1. The SMILES string of the molecule is Cc1ccc(-n2nnnc2SCC(=O)N[C@@H](C)c2ccccc2Cl)c(C)c1. The molecule has 1 amide bonds. The summed E-state index contributed by atoms with van der Waals surface area (Å²) >= 11 is 7.48. The molecule has 0 spiro atoms. The lowest BCUT2D eigenvalue weighted by Gasteiger charge is -2.15. The molecule has 0 aliphatic rings. The van der Waals surface area contributed by atoms with Gasteiger partial charge in [0.05, 0.1) is 17.5 Å². The molecule has 1 heterocycles.